The molecule has 2 aromatic rings. The summed E-state index contributed by atoms with van der Waals surface area (Å²) >= 11 is 1.63. The lowest BCUT2D eigenvalue weighted by Gasteiger charge is -2.01. The van der Waals surface area contributed by atoms with E-state index in [0.29, 0.717) is 12.4 Å². The first-order valence-electron chi connectivity index (χ1n) is 4.29. The summed E-state index contributed by atoms with van der Waals surface area (Å²) in [6, 6.07) is 3.98. The van der Waals surface area contributed by atoms with Gasteiger partial charge in [-0.2, -0.15) is 5.10 Å². The van der Waals surface area contributed by atoms with E-state index in [1.165, 1.54) is 0 Å². The Hall–Kier alpha value is -1.33. The lowest BCUT2D eigenvalue weighted by molar-refractivity contribution is 0.270. The maximum Gasteiger partial charge on any atom is 0.130 e. The Morgan fingerprint density at radius 2 is 2.43 bits per heavy atom. The molecule has 14 heavy (non-hydrogen) atoms. The van der Waals surface area contributed by atoms with Crippen molar-refractivity contribution in [2.24, 2.45) is 0 Å². The molecule has 4 nitrogen and oxygen atoms in total. The molecule has 74 valence electrons. The molecule has 0 atom stereocenters. The molecule has 0 amide bonds. The van der Waals surface area contributed by atoms with Crippen LogP contribution in [0.5, 0.6) is 0 Å². The van der Waals surface area contributed by atoms with Crippen molar-refractivity contribution in [3.8, 4) is 10.4 Å². The van der Waals surface area contributed by atoms with Crippen molar-refractivity contribution in [3.05, 3.63) is 23.7 Å². The molecule has 0 radical (unpaired) electrons. The molecule has 2 rings (SSSR count). The van der Waals surface area contributed by atoms with Gasteiger partial charge in [-0.25, -0.2) is 4.68 Å². The number of nitrogens with zero attached hydrogens (tertiary/aromatic N) is 2. The van der Waals surface area contributed by atoms with Crippen LogP contribution in [0.4, 0.5) is 5.82 Å². The zero-order valence-electron chi connectivity index (χ0n) is 7.55. The normalized spacial score (nSPS) is 10.6. The van der Waals surface area contributed by atoms with Crippen molar-refractivity contribution in [3.63, 3.8) is 0 Å². The maximum atomic E-state index is 8.77. The Kier molecular flexibility index (Phi) is 2.51. The topological polar surface area (TPSA) is 64.1 Å². The zero-order valence-corrected chi connectivity index (χ0v) is 8.37. The van der Waals surface area contributed by atoms with Gasteiger partial charge in [0.15, 0.2) is 0 Å². The van der Waals surface area contributed by atoms with Crippen LogP contribution in [0.25, 0.3) is 10.4 Å². The molecule has 0 spiro atoms. The lowest BCUT2D eigenvalue weighted by atomic mass is 10.3. The smallest absolute Gasteiger partial charge is 0.130 e. The minimum atomic E-state index is 0.0513. The predicted octanol–water partition coefficient (Wildman–Crippen LogP) is 1.19. The van der Waals surface area contributed by atoms with E-state index in [4.69, 9.17) is 10.8 Å². The van der Waals surface area contributed by atoms with Crippen LogP contribution in [-0.2, 0) is 6.54 Å². The Balaban J connectivity index is 2.36. The average molecular weight is 209 g/mol. The van der Waals surface area contributed by atoms with Gasteiger partial charge >= 0.3 is 0 Å². The van der Waals surface area contributed by atoms with Crippen LogP contribution < -0.4 is 5.73 Å². The number of aliphatic hydroxyl groups is 1. The summed E-state index contributed by atoms with van der Waals surface area (Å²) in [6.07, 6.45) is 1.73. The summed E-state index contributed by atoms with van der Waals surface area (Å²) in [5.41, 5.74) is 6.82. The number of hydrogen-bond donors (Lipinski definition) is 2. The molecule has 0 aliphatic rings. The molecule has 3 N–H and O–H groups in total. The van der Waals surface area contributed by atoms with Gasteiger partial charge in [-0.05, 0) is 11.4 Å². The number of anilines is 1. The molecule has 0 saturated carbocycles. The highest BCUT2D eigenvalue weighted by Crippen LogP contribution is 2.29. The first kappa shape index (κ1) is 9.23. The molecule has 0 bridgehead atoms. The molecule has 0 aromatic carbocycles. The number of nitrogen functional groups attached to an aromatic ring is 1. The van der Waals surface area contributed by atoms with E-state index in [0.717, 1.165) is 10.4 Å². The molecule has 0 aliphatic heterocycles. The molecule has 0 fully saturated rings. The standard InChI is InChI=1S/C9H11N3OS/c10-9-7(8-2-1-5-14-8)6-11-12(9)3-4-13/h1-2,5-6,13H,3-4,10H2. The van der Waals surface area contributed by atoms with Gasteiger partial charge in [-0.1, -0.05) is 6.07 Å². The Morgan fingerprint density at radius 3 is 3.07 bits per heavy atom. The quantitative estimate of drug-likeness (QED) is 0.798. The van der Waals surface area contributed by atoms with Crippen LogP contribution in [0.3, 0.4) is 0 Å². The van der Waals surface area contributed by atoms with Gasteiger partial charge in [-0.3, -0.25) is 0 Å². The van der Waals surface area contributed by atoms with E-state index in [-0.39, 0.29) is 6.61 Å². The Morgan fingerprint density at radius 1 is 1.57 bits per heavy atom. The van der Waals surface area contributed by atoms with Crippen molar-refractivity contribution < 1.29 is 5.11 Å². The monoisotopic (exact) mass is 209 g/mol. The van der Waals surface area contributed by atoms with Gasteiger partial charge in [0.25, 0.3) is 0 Å². The van der Waals surface area contributed by atoms with Crippen LogP contribution in [0.15, 0.2) is 23.7 Å². The summed E-state index contributed by atoms with van der Waals surface area (Å²) < 4.78 is 1.61. The number of thiophene rings is 1. The number of aliphatic hydroxyl groups excluding tert-OH is 1. The maximum absolute atomic E-state index is 8.77. The lowest BCUT2D eigenvalue weighted by Crippen LogP contribution is -2.07. The highest BCUT2D eigenvalue weighted by Gasteiger charge is 2.09. The summed E-state index contributed by atoms with van der Waals surface area (Å²) in [5, 5.41) is 14.9. The SMILES string of the molecule is Nc1c(-c2cccs2)cnn1CCO. The summed E-state index contributed by atoms with van der Waals surface area (Å²) in [4.78, 5) is 1.10. The van der Waals surface area contributed by atoms with E-state index < -0.39 is 0 Å². The third kappa shape index (κ3) is 1.51. The Labute approximate surface area is 85.6 Å². The van der Waals surface area contributed by atoms with Crippen LogP contribution in [0, 0.1) is 0 Å². The highest BCUT2D eigenvalue weighted by atomic mass is 32.1. The average Bonchev–Trinajstić information content (AvgIpc) is 2.77. The molecule has 2 aromatic heterocycles. The number of rotatable bonds is 3. The fraction of sp³-hybridized carbons (Fsp3) is 0.222. The molecule has 0 aliphatic carbocycles. The van der Waals surface area contributed by atoms with Gasteiger partial charge in [0, 0.05) is 4.88 Å². The number of nitrogens with two attached hydrogens (primary N) is 1. The second-order valence-corrected chi connectivity index (χ2v) is 3.82. The fourth-order valence-corrected chi connectivity index (χ4v) is 2.03. The van der Waals surface area contributed by atoms with Gasteiger partial charge in [0.1, 0.15) is 5.82 Å². The van der Waals surface area contributed by atoms with Crippen molar-refractivity contribution in [1.82, 2.24) is 9.78 Å². The number of hydrogen-bond acceptors (Lipinski definition) is 4. The minimum Gasteiger partial charge on any atom is -0.394 e. The van der Waals surface area contributed by atoms with Crippen LogP contribution in [-0.4, -0.2) is 21.5 Å². The number of aromatic nitrogens is 2. The molecule has 2 heterocycles. The first-order valence-corrected chi connectivity index (χ1v) is 5.17. The van der Waals surface area contributed by atoms with E-state index in [1.807, 2.05) is 17.5 Å². The largest absolute Gasteiger partial charge is 0.394 e. The summed E-state index contributed by atoms with van der Waals surface area (Å²) in [7, 11) is 0. The second kappa shape index (κ2) is 3.81. The van der Waals surface area contributed by atoms with Gasteiger partial charge in [0.2, 0.25) is 0 Å². The molecular weight excluding hydrogens is 198 g/mol. The van der Waals surface area contributed by atoms with Crippen molar-refractivity contribution in [1.29, 1.82) is 0 Å². The second-order valence-electron chi connectivity index (χ2n) is 2.87. The summed E-state index contributed by atoms with van der Waals surface area (Å²) in [5.74, 6) is 0.613. The van der Waals surface area contributed by atoms with Gasteiger partial charge < -0.3 is 10.8 Å². The van der Waals surface area contributed by atoms with E-state index in [1.54, 1.807) is 22.2 Å². The van der Waals surface area contributed by atoms with Gasteiger partial charge in [-0.15, -0.1) is 11.3 Å². The van der Waals surface area contributed by atoms with Crippen molar-refractivity contribution in [2.45, 2.75) is 6.54 Å². The van der Waals surface area contributed by atoms with E-state index in [2.05, 4.69) is 5.10 Å². The van der Waals surface area contributed by atoms with E-state index >= 15 is 0 Å². The predicted molar refractivity (Wildman–Crippen MR) is 57.0 cm³/mol. The molecule has 0 saturated heterocycles. The highest BCUT2D eigenvalue weighted by molar-refractivity contribution is 7.13. The minimum absolute atomic E-state index is 0.0513. The van der Waals surface area contributed by atoms with Crippen LogP contribution in [0.1, 0.15) is 0 Å². The third-order valence-electron chi connectivity index (χ3n) is 1.98. The Bertz CT molecular complexity index is 408. The molecule has 5 heteroatoms. The molecule has 0 unspecified atom stereocenters. The van der Waals surface area contributed by atoms with Gasteiger partial charge in [0.05, 0.1) is 24.9 Å². The zero-order chi connectivity index (χ0) is 9.97. The van der Waals surface area contributed by atoms with E-state index in [9.17, 15) is 0 Å². The van der Waals surface area contributed by atoms with Crippen LogP contribution >= 0.6 is 11.3 Å². The van der Waals surface area contributed by atoms with Crippen molar-refractivity contribution in [2.75, 3.05) is 12.3 Å². The first-order chi connectivity index (χ1) is 6.83. The fourth-order valence-electron chi connectivity index (χ4n) is 1.29. The van der Waals surface area contributed by atoms with Crippen molar-refractivity contribution >= 4 is 17.2 Å². The molecular formula is C9H11N3OS. The third-order valence-corrected chi connectivity index (χ3v) is 2.88. The van der Waals surface area contributed by atoms with Crippen LogP contribution in [0.2, 0.25) is 0 Å². The summed E-state index contributed by atoms with van der Waals surface area (Å²) in [6.45, 7) is 0.493.